The molecular weight excluding hydrogens is 517 g/mol. The lowest BCUT2D eigenvalue weighted by molar-refractivity contribution is -0.135. The number of methoxy groups -OCH3 is 1. The third kappa shape index (κ3) is 4.45. The zero-order valence-electron chi connectivity index (χ0n) is 22.6. The molecule has 3 aliphatic rings. The normalized spacial score (nSPS) is 21.1. The van der Waals surface area contributed by atoms with Crippen LogP contribution in [0.1, 0.15) is 71.9 Å². The van der Waals surface area contributed by atoms with E-state index >= 15 is 0 Å². The van der Waals surface area contributed by atoms with E-state index in [0.29, 0.717) is 27.8 Å². The highest BCUT2D eigenvalue weighted by Crippen LogP contribution is 2.42. The zero-order chi connectivity index (χ0) is 28.0. The molecule has 40 heavy (non-hydrogen) atoms. The van der Waals surface area contributed by atoms with Gasteiger partial charge in [0.1, 0.15) is 23.8 Å². The number of carbonyl (C=O) groups is 3. The number of ether oxygens (including phenoxy) is 2. The lowest BCUT2D eigenvalue weighted by Crippen LogP contribution is -2.65. The van der Waals surface area contributed by atoms with Gasteiger partial charge in [0, 0.05) is 29.8 Å². The lowest BCUT2D eigenvalue weighted by Gasteiger charge is -2.46. The van der Waals surface area contributed by atoms with E-state index in [4.69, 9.17) is 13.9 Å². The molecule has 2 aliphatic carbocycles. The smallest absolute Gasteiger partial charge is 0.294 e. The number of fused-ring (bicyclic) bond motifs is 3. The van der Waals surface area contributed by atoms with Gasteiger partial charge in [-0.2, -0.15) is 0 Å². The van der Waals surface area contributed by atoms with E-state index in [0.717, 1.165) is 38.5 Å². The molecule has 0 radical (unpaired) electrons. The van der Waals surface area contributed by atoms with E-state index in [1.165, 1.54) is 25.3 Å². The van der Waals surface area contributed by atoms with E-state index in [1.54, 1.807) is 30.0 Å². The summed E-state index contributed by atoms with van der Waals surface area (Å²) in [4.78, 5) is 42.0. The fourth-order valence-corrected chi connectivity index (χ4v) is 5.58. The standard InChI is InChI=1S/C30H32FN3O6/c1-30(29(37)32-15-18-13-19(31)10-12-23(18)38-2)16-39-25-22-11-9-17(27(35)33-20-5-3-6-20)14-24(22)40-26(25)28(36)34(30)21-7-4-8-21/h9-14,20-21H,3-8,15-16H2,1-2H3,(H,32,37)(H,33,35). The van der Waals surface area contributed by atoms with Gasteiger partial charge in [0.25, 0.3) is 11.8 Å². The van der Waals surface area contributed by atoms with E-state index in [2.05, 4.69) is 10.6 Å². The molecule has 3 aromatic rings. The van der Waals surface area contributed by atoms with Crippen molar-refractivity contribution in [2.45, 2.75) is 69.6 Å². The van der Waals surface area contributed by atoms with Crippen LogP contribution in [0.15, 0.2) is 40.8 Å². The number of hydrogen-bond acceptors (Lipinski definition) is 6. The molecule has 2 fully saturated rings. The Bertz CT molecular complexity index is 1490. The molecule has 2 aromatic carbocycles. The summed E-state index contributed by atoms with van der Waals surface area (Å²) in [7, 11) is 1.48. The SMILES string of the molecule is COc1ccc(F)cc1CNC(=O)C1(C)COc2c(oc3cc(C(=O)NC4CCC4)ccc23)C(=O)N1C1CCC1. The number of hydrogen-bond donors (Lipinski definition) is 2. The van der Waals surface area contributed by atoms with Crippen molar-refractivity contribution in [3.63, 3.8) is 0 Å². The summed E-state index contributed by atoms with van der Waals surface area (Å²) in [5, 5.41) is 6.43. The molecule has 0 bridgehead atoms. The number of amides is 3. The summed E-state index contributed by atoms with van der Waals surface area (Å²) in [5.41, 5.74) is -0.0484. The molecule has 210 valence electrons. The minimum atomic E-state index is -1.35. The second kappa shape index (κ2) is 10.1. The van der Waals surface area contributed by atoms with E-state index in [-0.39, 0.29) is 42.7 Å². The zero-order valence-corrected chi connectivity index (χ0v) is 22.6. The number of benzene rings is 2. The Morgan fingerprint density at radius 2 is 1.90 bits per heavy atom. The van der Waals surface area contributed by atoms with Crippen LogP contribution in [0.3, 0.4) is 0 Å². The maximum absolute atomic E-state index is 14.0. The quantitative estimate of drug-likeness (QED) is 0.454. The lowest BCUT2D eigenvalue weighted by atomic mass is 9.86. The fourth-order valence-electron chi connectivity index (χ4n) is 5.58. The Morgan fingerprint density at radius 3 is 2.58 bits per heavy atom. The second-order valence-corrected chi connectivity index (χ2v) is 11.0. The first-order valence-electron chi connectivity index (χ1n) is 13.7. The van der Waals surface area contributed by atoms with E-state index in [9.17, 15) is 18.8 Å². The molecule has 1 unspecified atom stereocenters. The predicted octanol–water partition coefficient (Wildman–Crippen LogP) is 4.33. The molecule has 1 aliphatic heterocycles. The van der Waals surface area contributed by atoms with Crippen LogP contribution in [0, 0.1) is 5.82 Å². The first-order valence-corrected chi connectivity index (χ1v) is 13.7. The van der Waals surface area contributed by atoms with Crippen LogP contribution in [0.5, 0.6) is 11.5 Å². The second-order valence-electron chi connectivity index (χ2n) is 11.0. The minimum absolute atomic E-state index is 0.0141. The number of carbonyl (C=O) groups excluding carboxylic acids is 3. The third-order valence-corrected chi connectivity index (χ3v) is 8.40. The van der Waals surface area contributed by atoms with Gasteiger partial charge in [-0.1, -0.05) is 0 Å². The average Bonchev–Trinajstić information content (AvgIpc) is 3.22. The van der Waals surface area contributed by atoms with Gasteiger partial charge in [0.05, 0.1) is 12.5 Å². The Labute approximate surface area is 231 Å². The number of rotatable bonds is 7. The van der Waals surface area contributed by atoms with Gasteiger partial charge in [-0.05, 0) is 81.8 Å². The van der Waals surface area contributed by atoms with E-state index in [1.807, 2.05) is 0 Å². The van der Waals surface area contributed by atoms with Gasteiger partial charge in [-0.15, -0.1) is 0 Å². The largest absolute Gasteiger partial charge is 0.496 e. The predicted molar refractivity (Wildman–Crippen MR) is 144 cm³/mol. The molecule has 1 atom stereocenters. The van der Waals surface area contributed by atoms with Crippen LogP contribution in [0.25, 0.3) is 11.0 Å². The number of nitrogens with zero attached hydrogens (tertiary/aromatic N) is 1. The van der Waals surface area contributed by atoms with E-state index < -0.39 is 23.2 Å². The highest BCUT2D eigenvalue weighted by atomic mass is 19.1. The third-order valence-electron chi connectivity index (χ3n) is 8.40. The Morgan fingerprint density at radius 1 is 1.12 bits per heavy atom. The molecule has 2 heterocycles. The molecule has 9 nitrogen and oxygen atoms in total. The molecular formula is C30H32FN3O6. The highest BCUT2D eigenvalue weighted by molar-refractivity contribution is 6.06. The first-order chi connectivity index (χ1) is 19.3. The van der Waals surface area contributed by atoms with Crippen LogP contribution in [0.2, 0.25) is 0 Å². The highest BCUT2D eigenvalue weighted by Gasteiger charge is 2.51. The van der Waals surface area contributed by atoms with Gasteiger partial charge < -0.3 is 29.4 Å². The number of furan rings is 1. The van der Waals surface area contributed by atoms with Crippen molar-refractivity contribution >= 4 is 28.7 Å². The van der Waals surface area contributed by atoms with Crippen molar-refractivity contribution in [3.8, 4) is 11.5 Å². The minimum Gasteiger partial charge on any atom is -0.496 e. The molecule has 3 amide bonds. The van der Waals surface area contributed by atoms with Crippen molar-refractivity contribution in [3.05, 3.63) is 59.1 Å². The van der Waals surface area contributed by atoms with Crippen molar-refractivity contribution < 1.29 is 32.7 Å². The van der Waals surface area contributed by atoms with Gasteiger partial charge in [0.15, 0.2) is 11.3 Å². The van der Waals surface area contributed by atoms with Crippen LogP contribution in [0.4, 0.5) is 4.39 Å². The van der Waals surface area contributed by atoms with Crippen molar-refractivity contribution in [2.75, 3.05) is 13.7 Å². The van der Waals surface area contributed by atoms with Crippen LogP contribution >= 0.6 is 0 Å². The Hall–Kier alpha value is -4.08. The number of nitrogens with one attached hydrogen (secondary N) is 2. The van der Waals surface area contributed by atoms with Crippen LogP contribution < -0.4 is 20.1 Å². The summed E-state index contributed by atoms with van der Waals surface area (Å²) in [5.74, 6) is -0.762. The Kier molecular flexibility index (Phi) is 6.64. The maximum Gasteiger partial charge on any atom is 0.294 e. The van der Waals surface area contributed by atoms with Crippen molar-refractivity contribution in [1.82, 2.24) is 15.5 Å². The topological polar surface area (TPSA) is 110 Å². The fraction of sp³-hybridized carbons (Fsp3) is 0.433. The van der Waals surface area contributed by atoms with Gasteiger partial charge in [-0.25, -0.2) is 4.39 Å². The van der Waals surface area contributed by atoms with Crippen molar-refractivity contribution in [1.29, 1.82) is 0 Å². The van der Waals surface area contributed by atoms with Gasteiger partial charge in [-0.3, -0.25) is 14.4 Å². The summed E-state index contributed by atoms with van der Waals surface area (Å²) >= 11 is 0. The molecule has 0 saturated heterocycles. The van der Waals surface area contributed by atoms with Crippen LogP contribution in [-0.4, -0.2) is 54.0 Å². The summed E-state index contributed by atoms with van der Waals surface area (Å²) in [6.45, 7) is 1.59. The number of halogens is 1. The first kappa shape index (κ1) is 26.2. The molecule has 0 spiro atoms. The van der Waals surface area contributed by atoms with Gasteiger partial charge in [0.2, 0.25) is 11.7 Å². The average molecular weight is 550 g/mol. The summed E-state index contributed by atoms with van der Waals surface area (Å²) < 4.78 is 31.4. The molecule has 2 saturated carbocycles. The molecule has 10 heteroatoms. The van der Waals surface area contributed by atoms with Crippen LogP contribution in [-0.2, 0) is 11.3 Å². The molecule has 1 aromatic heterocycles. The van der Waals surface area contributed by atoms with Crippen molar-refractivity contribution in [2.24, 2.45) is 0 Å². The molecule has 6 rings (SSSR count). The Balaban J connectivity index is 1.28. The maximum atomic E-state index is 14.0. The monoisotopic (exact) mass is 549 g/mol. The molecule has 2 N–H and O–H groups in total. The summed E-state index contributed by atoms with van der Waals surface area (Å²) in [6.07, 6.45) is 5.53. The summed E-state index contributed by atoms with van der Waals surface area (Å²) in [6, 6.07) is 9.17. The van der Waals surface area contributed by atoms with Gasteiger partial charge >= 0.3 is 0 Å².